The van der Waals surface area contributed by atoms with E-state index in [2.05, 4.69) is 4.98 Å². The Balaban J connectivity index is 1.83. The van der Waals surface area contributed by atoms with Gasteiger partial charge in [-0.2, -0.15) is 0 Å². The van der Waals surface area contributed by atoms with Crippen LogP contribution in [-0.2, 0) is 0 Å². The van der Waals surface area contributed by atoms with E-state index >= 15 is 0 Å². The third-order valence-corrected chi connectivity index (χ3v) is 4.89. The Hall–Kier alpha value is -1.79. The number of benzene rings is 1. The Morgan fingerprint density at radius 2 is 2.35 bits per heavy atom. The maximum absolute atomic E-state index is 12.8. The van der Waals surface area contributed by atoms with Crippen LogP contribution in [-0.4, -0.2) is 51.4 Å². The van der Waals surface area contributed by atoms with Crippen LogP contribution >= 0.6 is 11.8 Å². The first kappa shape index (κ1) is 16.1. The number of hydrogen-bond donors (Lipinski definition) is 1. The van der Waals surface area contributed by atoms with Crippen molar-refractivity contribution in [1.29, 1.82) is 0 Å². The van der Waals surface area contributed by atoms with Gasteiger partial charge in [-0.1, -0.05) is 17.8 Å². The minimum absolute atomic E-state index is 0.0378. The maximum Gasteiger partial charge on any atom is 0.253 e. The number of thioether (sulfide) groups is 1. The Kier molecular flexibility index (Phi) is 5.03. The van der Waals surface area contributed by atoms with Crippen molar-refractivity contribution in [2.45, 2.75) is 18.0 Å². The van der Waals surface area contributed by atoms with E-state index in [-0.39, 0.29) is 18.4 Å². The van der Waals surface area contributed by atoms with E-state index in [1.54, 1.807) is 18.0 Å². The van der Waals surface area contributed by atoms with Crippen LogP contribution in [0.5, 0.6) is 0 Å². The molecule has 2 heterocycles. The molecule has 1 aliphatic rings. The van der Waals surface area contributed by atoms with Gasteiger partial charge >= 0.3 is 0 Å². The summed E-state index contributed by atoms with van der Waals surface area (Å²) >= 11 is 1.57. The van der Waals surface area contributed by atoms with Crippen LogP contribution in [0, 0.1) is 5.92 Å². The molecule has 1 aromatic carbocycles. The Morgan fingerprint density at radius 1 is 1.48 bits per heavy atom. The van der Waals surface area contributed by atoms with Crippen LogP contribution in [0.15, 0.2) is 41.8 Å². The third-order valence-electron chi connectivity index (χ3n) is 4.23. The van der Waals surface area contributed by atoms with Gasteiger partial charge in [-0.15, -0.1) is 0 Å². The number of likely N-dealkylation sites (tertiary alicyclic amines) is 1. The molecule has 1 aliphatic heterocycles. The molecule has 0 saturated carbocycles. The summed E-state index contributed by atoms with van der Waals surface area (Å²) in [5.74, 6) is 0.239. The van der Waals surface area contributed by atoms with Crippen LogP contribution < -0.4 is 0 Å². The van der Waals surface area contributed by atoms with Gasteiger partial charge in [-0.25, -0.2) is 4.98 Å². The lowest BCUT2D eigenvalue weighted by Crippen LogP contribution is -2.40. The molecule has 0 spiro atoms. The lowest BCUT2D eigenvalue weighted by molar-refractivity contribution is 0.0620. The second-order valence-electron chi connectivity index (χ2n) is 5.78. The van der Waals surface area contributed by atoms with Crippen molar-refractivity contribution in [2.24, 2.45) is 5.92 Å². The quantitative estimate of drug-likeness (QED) is 0.874. The van der Waals surface area contributed by atoms with E-state index in [0.29, 0.717) is 12.1 Å². The highest BCUT2D eigenvalue weighted by atomic mass is 32.2. The average molecular weight is 331 g/mol. The van der Waals surface area contributed by atoms with E-state index in [1.165, 1.54) is 0 Å². The van der Waals surface area contributed by atoms with Crippen molar-refractivity contribution >= 4 is 17.7 Å². The van der Waals surface area contributed by atoms with Crippen molar-refractivity contribution in [1.82, 2.24) is 14.5 Å². The van der Waals surface area contributed by atoms with Crippen molar-refractivity contribution < 1.29 is 9.90 Å². The standard InChI is InChI=1S/C17H21N3O2S/c1-23-17-18-7-9-20(17)15-6-2-5-14(10-15)16(22)19-8-3-4-13(11-19)12-21/h2,5-7,9-10,13,21H,3-4,8,11-12H2,1H3. The summed E-state index contributed by atoms with van der Waals surface area (Å²) in [6, 6.07) is 7.64. The maximum atomic E-state index is 12.8. The van der Waals surface area contributed by atoms with Gasteiger partial charge in [-0.05, 0) is 43.2 Å². The SMILES string of the molecule is CSc1nccn1-c1cccc(C(=O)N2CCCC(CO)C2)c1. The van der Waals surface area contributed by atoms with Gasteiger partial charge in [0.1, 0.15) is 0 Å². The first-order valence-electron chi connectivity index (χ1n) is 7.81. The predicted molar refractivity (Wildman–Crippen MR) is 91.1 cm³/mol. The highest BCUT2D eigenvalue weighted by molar-refractivity contribution is 7.98. The van der Waals surface area contributed by atoms with Crippen LogP contribution in [0.4, 0.5) is 0 Å². The van der Waals surface area contributed by atoms with Gasteiger partial charge in [-0.3, -0.25) is 9.36 Å². The topological polar surface area (TPSA) is 58.4 Å². The van der Waals surface area contributed by atoms with Crippen molar-refractivity contribution in [3.05, 3.63) is 42.2 Å². The number of aliphatic hydroxyl groups excluding tert-OH is 1. The number of aromatic nitrogens is 2. The number of piperidine rings is 1. The van der Waals surface area contributed by atoms with Gasteiger partial charge in [0.25, 0.3) is 5.91 Å². The molecule has 122 valence electrons. The number of nitrogens with zero attached hydrogens (tertiary/aromatic N) is 3. The Morgan fingerprint density at radius 3 is 3.13 bits per heavy atom. The minimum atomic E-state index is 0.0378. The zero-order chi connectivity index (χ0) is 16.2. The fraction of sp³-hybridized carbons (Fsp3) is 0.412. The summed E-state index contributed by atoms with van der Waals surface area (Å²) in [6.45, 7) is 1.55. The highest BCUT2D eigenvalue weighted by Gasteiger charge is 2.24. The molecule has 5 nitrogen and oxygen atoms in total. The summed E-state index contributed by atoms with van der Waals surface area (Å²) in [6.07, 6.45) is 7.59. The molecule has 2 aromatic rings. The fourth-order valence-corrected chi connectivity index (χ4v) is 3.54. The Bertz CT molecular complexity index is 686. The number of aliphatic hydroxyl groups is 1. The van der Waals surface area contributed by atoms with Gasteiger partial charge in [0, 0.05) is 43.3 Å². The van der Waals surface area contributed by atoms with Crippen molar-refractivity contribution in [2.75, 3.05) is 26.0 Å². The smallest absolute Gasteiger partial charge is 0.253 e. The second kappa shape index (κ2) is 7.19. The molecule has 3 rings (SSSR count). The van der Waals surface area contributed by atoms with E-state index in [4.69, 9.17) is 0 Å². The molecule has 1 unspecified atom stereocenters. The molecule has 6 heteroatoms. The first-order chi connectivity index (χ1) is 11.2. The Labute approximate surface area is 140 Å². The summed E-state index contributed by atoms with van der Waals surface area (Å²) in [7, 11) is 0. The molecule has 0 aliphatic carbocycles. The molecular formula is C17H21N3O2S. The van der Waals surface area contributed by atoms with Crippen LogP contribution in [0.25, 0.3) is 5.69 Å². The molecule has 23 heavy (non-hydrogen) atoms. The highest BCUT2D eigenvalue weighted by Crippen LogP contribution is 2.21. The monoisotopic (exact) mass is 331 g/mol. The fourth-order valence-electron chi connectivity index (χ4n) is 3.01. The van der Waals surface area contributed by atoms with Crippen LogP contribution in [0.3, 0.4) is 0 Å². The van der Waals surface area contributed by atoms with Gasteiger partial charge in [0.05, 0.1) is 0 Å². The van der Waals surface area contributed by atoms with Crippen LogP contribution in [0.1, 0.15) is 23.2 Å². The molecule has 1 fully saturated rings. The van der Waals surface area contributed by atoms with E-state index in [1.807, 2.05) is 46.2 Å². The molecular weight excluding hydrogens is 310 g/mol. The molecule has 1 amide bonds. The number of imidazole rings is 1. The third kappa shape index (κ3) is 3.43. The molecule has 0 bridgehead atoms. The van der Waals surface area contributed by atoms with E-state index < -0.39 is 0 Å². The molecule has 1 saturated heterocycles. The zero-order valence-electron chi connectivity index (χ0n) is 13.2. The molecule has 1 atom stereocenters. The van der Waals surface area contributed by atoms with Crippen molar-refractivity contribution in [3.63, 3.8) is 0 Å². The van der Waals surface area contributed by atoms with Crippen LogP contribution in [0.2, 0.25) is 0 Å². The zero-order valence-corrected chi connectivity index (χ0v) is 14.0. The second-order valence-corrected chi connectivity index (χ2v) is 6.55. The number of hydrogen-bond acceptors (Lipinski definition) is 4. The summed E-state index contributed by atoms with van der Waals surface area (Å²) in [4.78, 5) is 18.9. The summed E-state index contributed by atoms with van der Waals surface area (Å²) in [5.41, 5.74) is 1.62. The number of rotatable bonds is 4. The lowest BCUT2D eigenvalue weighted by atomic mass is 9.98. The number of carbonyl (C=O) groups is 1. The minimum Gasteiger partial charge on any atom is -0.396 e. The summed E-state index contributed by atoms with van der Waals surface area (Å²) in [5, 5.41) is 10.2. The average Bonchev–Trinajstić information content (AvgIpc) is 3.10. The molecule has 0 radical (unpaired) electrons. The molecule has 1 N–H and O–H groups in total. The van der Waals surface area contributed by atoms with Gasteiger partial charge in [0.2, 0.25) is 0 Å². The predicted octanol–water partition coefficient (Wildman–Crippen LogP) is 2.44. The van der Waals surface area contributed by atoms with Gasteiger partial charge < -0.3 is 10.0 Å². The lowest BCUT2D eigenvalue weighted by Gasteiger charge is -2.32. The first-order valence-corrected chi connectivity index (χ1v) is 9.03. The largest absolute Gasteiger partial charge is 0.396 e. The van der Waals surface area contributed by atoms with Gasteiger partial charge in [0.15, 0.2) is 5.16 Å². The van der Waals surface area contributed by atoms with Crippen molar-refractivity contribution in [3.8, 4) is 5.69 Å². The number of amides is 1. The molecule has 1 aromatic heterocycles. The number of carbonyl (C=O) groups excluding carboxylic acids is 1. The normalized spacial score (nSPS) is 18.2. The summed E-state index contributed by atoms with van der Waals surface area (Å²) < 4.78 is 1.98. The van der Waals surface area contributed by atoms with E-state index in [9.17, 15) is 9.90 Å². The van der Waals surface area contributed by atoms with E-state index in [0.717, 1.165) is 30.2 Å².